The number of carbonyl (C=O) groups is 2. The van der Waals surface area contributed by atoms with Crippen molar-refractivity contribution in [2.24, 2.45) is 18.2 Å². The Morgan fingerprint density at radius 3 is 2.64 bits per heavy atom. The minimum atomic E-state index is -0.572. The monoisotopic (exact) mass is 483 g/mol. The molecule has 2 aromatic heterocycles. The fourth-order valence-electron chi connectivity index (χ4n) is 5.23. The van der Waals surface area contributed by atoms with Gasteiger partial charge in [0.05, 0.1) is 11.6 Å². The van der Waals surface area contributed by atoms with Crippen LogP contribution in [-0.2, 0) is 7.05 Å². The normalized spacial score (nSPS) is 22.1. The van der Waals surface area contributed by atoms with Gasteiger partial charge in [-0.2, -0.15) is 5.26 Å². The summed E-state index contributed by atoms with van der Waals surface area (Å²) in [7, 11) is 1.66. The van der Waals surface area contributed by atoms with Crippen molar-refractivity contribution in [2.45, 2.75) is 37.8 Å². The molecule has 9 nitrogen and oxygen atoms in total. The van der Waals surface area contributed by atoms with Gasteiger partial charge in [-0.3, -0.25) is 14.4 Å². The van der Waals surface area contributed by atoms with E-state index in [1.54, 1.807) is 55.8 Å². The van der Waals surface area contributed by atoms with Gasteiger partial charge in [0, 0.05) is 37.1 Å². The highest BCUT2D eigenvalue weighted by Gasteiger charge is 2.54. The van der Waals surface area contributed by atoms with Crippen LogP contribution >= 0.6 is 0 Å². The SMILES string of the molecule is Cn1ccc(-c2cc(C#N)cc(C(=O)NC3CC4(C3)CC(Oc3ncccc3C(N)=O)C4)c2)cc1=O. The Labute approximate surface area is 207 Å². The molecule has 1 aromatic carbocycles. The average Bonchev–Trinajstić information content (AvgIpc) is 2.82. The maximum absolute atomic E-state index is 13.0. The molecule has 182 valence electrons. The number of amides is 2. The van der Waals surface area contributed by atoms with E-state index in [-0.39, 0.29) is 40.5 Å². The summed E-state index contributed by atoms with van der Waals surface area (Å²) in [6, 6.07) is 13.6. The number of nitriles is 1. The molecule has 2 aliphatic carbocycles. The minimum Gasteiger partial charge on any atom is -0.474 e. The molecule has 1 spiro atoms. The summed E-state index contributed by atoms with van der Waals surface area (Å²) in [4.78, 5) is 40.7. The van der Waals surface area contributed by atoms with Crippen molar-refractivity contribution in [3.8, 4) is 23.1 Å². The van der Waals surface area contributed by atoms with Crippen LogP contribution in [0.1, 0.15) is 52.0 Å². The minimum absolute atomic E-state index is 0.0349. The number of aryl methyl sites for hydroxylation is 1. The fraction of sp³-hybridized carbons (Fsp3) is 0.296. The van der Waals surface area contributed by atoms with E-state index < -0.39 is 5.91 Å². The first-order chi connectivity index (χ1) is 17.2. The van der Waals surface area contributed by atoms with E-state index in [9.17, 15) is 19.6 Å². The maximum Gasteiger partial charge on any atom is 0.254 e. The number of primary amides is 1. The largest absolute Gasteiger partial charge is 0.474 e. The molecule has 0 atom stereocenters. The maximum atomic E-state index is 13.0. The molecule has 0 bridgehead atoms. The molecule has 5 rings (SSSR count). The van der Waals surface area contributed by atoms with Crippen LogP contribution in [-0.4, -0.2) is 33.5 Å². The standard InChI is InChI=1S/C27H25N5O4/c1-32-6-4-17(10-23(32)33)18-7-16(15-28)8-19(9-18)25(35)31-20-11-27(12-20)13-21(14-27)36-26-22(24(29)34)3-2-5-30-26/h2-10,20-21H,11-14H2,1H3,(H2,29,34)(H,31,35). The molecule has 2 amide bonds. The zero-order valence-electron chi connectivity index (χ0n) is 19.7. The molecule has 36 heavy (non-hydrogen) atoms. The second-order valence-corrected chi connectivity index (χ2v) is 9.72. The summed E-state index contributed by atoms with van der Waals surface area (Å²) in [6.45, 7) is 0. The molecule has 3 N–H and O–H groups in total. The Morgan fingerprint density at radius 1 is 1.17 bits per heavy atom. The fourth-order valence-corrected chi connectivity index (χ4v) is 5.23. The number of carbonyl (C=O) groups excluding carboxylic acids is 2. The van der Waals surface area contributed by atoms with Gasteiger partial charge in [-0.25, -0.2) is 4.98 Å². The lowest BCUT2D eigenvalue weighted by Gasteiger charge is -2.57. The van der Waals surface area contributed by atoms with Crippen molar-refractivity contribution < 1.29 is 14.3 Å². The topological polar surface area (TPSA) is 140 Å². The van der Waals surface area contributed by atoms with E-state index in [0.717, 1.165) is 25.7 Å². The number of nitrogens with zero attached hydrogens (tertiary/aromatic N) is 3. The highest BCUT2D eigenvalue weighted by Crippen LogP contribution is 2.56. The summed E-state index contributed by atoms with van der Waals surface area (Å²) in [5, 5.41) is 12.5. The third kappa shape index (κ3) is 4.45. The van der Waals surface area contributed by atoms with Crippen LogP contribution in [0.4, 0.5) is 0 Å². The lowest BCUT2D eigenvalue weighted by atomic mass is 9.53. The molecule has 0 unspecified atom stereocenters. The Morgan fingerprint density at radius 2 is 1.94 bits per heavy atom. The number of nitrogens with one attached hydrogen (secondary N) is 1. The quantitative estimate of drug-likeness (QED) is 0.552. The first-order valence-corrected chi connectivity index (χ1v) is 11.7. The highest BCUT2D eigenvalue weighted by molar-refractivity contribution is 5.96. The van der Waals surface area contributed by atoms with Crippen molar-refractivity contribution in [1.82, 2.24) is 14.9 Å². The molecule has 3 aromatic rings. The van der Waals surface area contributed by atoms with Crippen LogP contribution in [0.3, 0.4) is 0 Å². The summed E-state index contributed by atoms with van der Waals surface area (Å²) >= 11 is 0. The van der Waals surface area contributed by atoms with Crippen molar-refractivity contribution >= 4 is 11.8 Å². The lowest BCUT2D eigenvalue weighted by molar-refractivity contribution is -0.0848. The first-order valence-electron chi connectivity index (χ1n) is 11.7. The van der Waals surface area contributed by atoms with Gasteiger partial charge < -0.3 is 20.4 Å². The van der Waals surface area contributed by atoms with Crippen LogP contribution < -0.4 is 21.3 Å². The summed E-state index contributed by atoms with van der Waals surface area (Å²) in [6.07, 6.45) is 6.50. The van der Waals surface area contributed by atoms with Gasteiger partial charge in [0.1, 0.15) is 11.7 Å². The van der Waals surface area contributed by atoms with Crippen LogP contribution in [0.2, 0.25) is 0 Å². The van der Waals surface area contributed by atoms with Gasteiger partial charge in [-0.05, 0) is 78.6 Å². The number of pyridine rings is 2. The van der Waals surface area contributed by atoms with Gasteiger partial charge in [0.15, 0.2) is 0 Å². The van der Waals surface area contributed by atoms with Gasteiger partial charge in [0.25, 0.3) is 17.4 Å². The number of ether oxygens (including phenoxy) is 1. The second-order valence-electron chi connectivity index (χ2n) is 9.72. The number of nitrogens with two attached hydrogens (primary N) is 1. The predicted octanol–water partition coefficient (Wildman–Crippen LogP) is 2.54. The number of aromatic nitrogens is 2. The summed E-state index contributed by atoms with van der Waals surface area (Å²) < 4.78 is 7.36. The third-order valence-electron chi connectivity index (χ3n) is 7.09. The van der Waals surface area contributed by atoms with E-state index in [0.29, 0.717) is 22.3 Å². The van der Waals surface area contributed by atoms with Crippen LogP contribution in [0.15, 0.2) is 59.7 Å². The molecule has 9 heteroatoms. The van der Waals surface area contributed by atoms with Gasteiger partial charge in [0.2, 0.25) is 5.88 Å². The average molecular weight is 484 g/mol. The second kappa shape index (κ2) is 8.96. The molecular formula is C27H25N5O4. The van der Waals surface area contributed by atoms with E-state index in [2.05, 4.69) is 16.4 Å². The predicted molar refractivity (Wildman–Crippen MR) is 131 cm³/mol. The van der Waals surface area contributed by atoms with Crippen molar-refractivity contribution in [3.05, 3.63) is 81.9 Å². The van der Waals surface area contributed by atoms with Gasteiger partial charge in [-0.1, -0.05) is 0 Å². The first kappa shape index (κ1) is 23.3. The van der Waals surface area contributed by atoms with Crippen molar-refractivity contribution in [3.63, 3.8) is 0 Å². The Hall–Kier alpha value is -4.45. The molecule has 0 radical (unpaired) electrons. The highest BCUT2D eigenvalue weighted by atomic mass is 16.5. The van der Waals surface area contributed by atoms with E-state index in [1.807, 2.05) is 0 Å². The summed E-state index contributed by atoms with van der Waals surface area (Å²) in [5.41, 5.74) is 7.65. The number of benzene rings is 1. The van der Waals surface area contributed by atoms with E-state index >= 15 is 0 Å². The molecule has 2 saturated carbocycles. The summed E-state index contributed by atoms with van der Waals surface area (Å²) in [5.74, 6) is -0.556. The zero-order chi connectivity index (χ0) is 25.4. The molecule has 2 fully saturated rings. The van der Waals surface area contributed by atoms with Crippen molar-refractivity contribution in [1.29, 1.82) is 5.26 Å². The smallest absolute Gasteiger partial charge is 0.254 e. The molecule has 2 aliphatic rings. The zero-order valence-corrected chi connectivity index (χ0v) is 19.7. The molecule has 0 aliphatic heterocycles. The Balaban J connectivity index is 1.20. The van der Waals surface area contributed by atoms with Crippen LogP contribution in [0, 0.1) is 16.7 Å². The van der Waals surface area contributed by atoms with Gasteiger partial charge in [-0.15, -0.1) is 0 Å². The van der Waals surface area contributed by atoms with Crippen LogP contribution in [0.25, 0.3) is 11.1 Å². The number of rotatable bonds is 6. The third-order valence-corrected chi connectivity index (χ3v) is 7.09. The molecular weight excluding hydrogens is 458 g/mol. The van der Waals surface area contributed by atoms with Crippen molar-refractivity contribution in [2.75, 3.05) is 0 Å². The Kier molecular flexibility index (Phi) is 5.80. The van der Waals surface area contributed by atoms with E-state index in [4.69, 9.17) is 10.5 Å². The Bertz CT molecular complexity index is 1460. The molecule has 0 saturated heterocycles. The molecule has 2 heterocycles. The van der Waals surface area contributed by atoms with Crippen LogP contribution in [0.5, 0.6) is 5.88 Å². The number of hydrogen-bond donors (Lipinski definition) is 2. The number of hydrogen-bond acceptors (Lipinski definition) is 6. The lowest BCUT2D eigenvalue weighted by Crippen LogP contribution is -2.58. The van der Waals surface area contributed by atoms with Gasteiger partial charge >= 0.3 is 0 Å². The van der Waals surface area contributed by atoms with E-state index in [1.165, 1.54) is 10.6 Å².